The van der Waals surface area contributed by atoms with Crippen LogP contribution in [0, 0.1) is 0 Å². The zero-order valence-electron chi connectivity index (χ0n) is 18.9. The van der Waals surface area contributed by atoms with Crippen molar-refractivity contribution in [1.82, 2.24) is 9.80 Å². The van der Waals surface area contributed by atoms with Crippen molar-refractivity contribution in [1.29, 1.82) is 0 Å². The van der Waals surface area contributed by atoms with Gasteiger partial charge >= 0.3 is 0 Å². The summed E-state index contributed by atoms with van der Waals surface area (Å²) in [7, 11) is 1.62. The number of carbonyl (C=O) groups excluding carboxylic acids is 2. The van der Waals surface area contributed by atoms with Gasteiger partial charge in [0, 0.05) is 31.7 Å². The van der Waals surface area contributed by atoms with Crippen molar-refractivity contribution in [3.8, 4) is 5.75 Å². The number of para-hydroxylation sites is 1. The molecule has 1 heterocycles. The van der Waals surface area contributed by atoms with E-state index in [0.717, 1.165) is 10.4 Å². The van der Waals surface area contributed by atoms with Gasteiger partial charge in [-0.3, -0.25) is 9.59 Å². The minimum atomic E-state index is -0.223. The van der Waals surface area contributed by atoms with Gasteiger partial charge in [-0.1, -0.05) is 54.6 Å². The summed E-state index contributed by atoms with van der Waals surface area (Å²) in [6, 6.07) is 23.1. The highest BCUT2D eigenvalue weighted by Gasteiger charge is 2.22. The van der Waals surface area contributed by atoms with E-state index in [-0.39, 0.29) is 25.0 Å². The molecule has 0 fully saturated rings. The molecule has 6 nitrogen and oxygen atoms in total. The Bertz CT molecular complexity index is 964. The van der Waals surface area contributed by atoms with Gasteiger partial charge in [0.15, 0.2) is 6.61 Å². The van der Waals surface area contributed by atoms with E-state index in [1.165, 1.54) is 0 Å². The van der Waals surface area contributed by atoms with Crippen molar-refractivity contribution >= 4 is 23.2 Å². The normalized spacial score (nSPS) is 10.6. The highest BCUT2D eigenvalue weighted by atomic mass is 32.1. The van der Waals surface area contributed by atoms with Crippen molar-refractivity contribution in [2.24, 2.45) is 0 Å². The van der Waals surface area contributed by atoms with Gasteiger partial charge in [0.2, 0.25) is 5.91 Å². The molecule has 0 radical (unpaired) electrons. The molecule has 1 aromatic heterocycles. The molecule has 0 saturated carbocycles. The molecule has 2 aromatic carbocycles. The zero-order valence-corrected chi connectivity index (χ0v) is 19.7. The summed E-state index contributed by atoms with van der Waals surface area (Å²) in [5, 5.41) is 2.00. The maximum atomic E-state index is 13.4. The van der Waals surface area contributed by atoms with Crippen LogP contribution in [0.25, 0.3) is 0 Å². The molecule has 2 amide bonds. The van der Waals surface area contributed by atoms with Crippen LogP contribution in [0.3, 0.4) is 0 Å². The lowest BCUT2D eigenvalue weighted by Gasteiger charge is -2.27. The van der Waals surface area contributed by atoms with E-state index < -0.39 is 0 Å². The lowest BCUT2D eigenvalue weighted by Crippen LogP contribution is -2.44. The fourth-order valence-corrected chi connectivity index (χ4v) is 4.05. The zero-order chi connectivity index (χ0) is 23.3. The molecule has 174 valence electrons. The van der Waals surface area contributed by atoms with Crippen molar-refractivity contribution in [2.45, 2.75) is 19.5 Å². The standard InChI is InChI=1S/C26H30N2O4S/c1-31-16-9-15-27(26(30)21-32-23-12-6-3-7-13-23)20-25(29)28(19-24-14-8-17-33-24)18-22-10-4-2-5-11-22/h2-8,10-14,17H,9,15-16,18-21H2,1H3. The minimum absolute atomic E-state index is 0.00109. The molecule has 0 N–H and O–H groups in total. The third kappa shape index (κ3) is 8.36. The Morgan fingerprint density at radius 1 is 0.848 bits per heavy atom. The Hall–Kier alpha value is -3.16. The van der Waals surface area contributed by atoms with Crippen molar-refractivity contribution in [2.75, 3.05) is 33.4 Å². The highest BCUT2D eigenvalue weighted by Crippen LogP contribution is 2.16. The quantitative estimate of drug-likeness (QED) is 0.354. The van der Waals surface area contributed by atoms with Crippen molar-refractivity contribution < 1.29 is 19.1 Å². The monoisotopic (exact) mass is 466 g/mol. The van der Waals surface area contributed by atoms with Crippen LogP contribution in [0.15, 0.2) is 78.2 Å². The Morgan fingerprint density at radius 3 is 2.24 bits per heavy atom. The number of hydrogen-bond donors (Lipinski definition) is 0. The average Bonchev–Trinajstić information content (AvgIpc) is 3.36. The number of ether oxygens (including phenoxy) is 2. The lowest BCUT2D eigenvalue weighted by molar-refractivity contribution is -0.142. The number of nitrogens with zero attached hydrogens (tertiary/aromatic N) is 2. The largest absolute Gasteiger partial charge is 0.484 e. The predicted molar refractivity (Wildman–Crippen MR) is 130 cm³/mol. The topological polar surface area (TPSA) is 59.1 Å². The van der Waals surface area contributed by atoms with Crippen LogP contribution in [0.4, 0.5) is 0 Å². The number of amides is 2. The molecule has 0 aliphatic heterocycles. The molecule has 3 rings (SSSR count). The fraction of sp³-hybridized carbons (Fsp3) is 0.308. The summed E-state index contributed by atoms with van der Waals surface area (Å²) >= 11 is 1.62. The van der Waals surface area contributed by atoms with Crippen molar-refractivity contribution in [3.05, 3.63) is 88.6 Å². The first kappa shape index (κ1) is 24.5. The molecule has 0 bridgehead atoms. The lowest BCUT2D eigenvalue weighted by atomic mass is 10.2. The summed E-state index contributed by atoms with van der Waals surface area (Å²) in [4.78, 5) is 30.8. The van der Waals surface area contributed by atoms with Crippen LogP contribution >= 0.6 is 11.3 Å². The third-order valence-electron chi connectivity index (χ3n) is 5.06. The number of methoxy groups -OCH3 is 1. The van der Waals surface area contributed by atoms with Gasteiger partial charge in [-0.25, -0.2) is 0 Å². The minimum Gasteiger partial charge on any atom is -0.484 e. The van der Waals surface area contributed by atoms with Crippen LogP contribution in [0.1, 0.15) is 16.9 Å². The summed E-state index contributed by atoms with van der Waals surface area (Å²) in [5.74, 6) is 0.300. The second kappa shape index (κ2) is 13.4. The predicted octanol–water partition coefficient (Wildman–Crippen LogP) is 4.22. The molecule has 0 aliphatic rings. The first-order chi connectivity index (χ1) is 16.2. The Morgan fingerprint density at radius 2 is 1.58 bits per heavy atom. The van der Waals surface area contributed by atoms with Crippen LogP contribution in [0.5, 0.6) is 5.75 Å². The van der Waals surface area contributed by atoms with Crippen LogP contribution in [-0.4, -0.2) is 55.0 Å². The molecule has 0 saturated heterocycles. The second-order valence-electron chi connectivity index (χ2n) is 7.58. The maximum absolute atomic E-state index is 13.4. The summed E-state index contributed by atoms with van der Waals surface area (Å²) in [6.45, 7) is 1.81. The van der Waals surface area contributed by atoms with Crippen LogP contribution in [-0.2, 0) is 27.4 Å². The van der Waals surface area contributed by atoms with E-state index in [0.29, 0.717) is 38.4 Å². The Labute approximate surface area is 199 Å². The van der Waals surface area contributed by atoms with E-state index in [9.17, 15) is 9.59 Å². The van der Waals surface area contributed by atoms with Gasteiger partial charge < -0.3 is 19.3 Å². The van der Waals surface area contributed by atoms with Crippen LogP contribution in [0.2, 0.25) is 0 Å². The summed E-state index contributed by atoms with van der Waals surface area (Å²) in [5.41, 5.74) is 1.05. The number of rotatable bonds is 13. The number of thiophene rings is 1. The molecule has 3 aromatic rings. The number of carbonyl (C=O) groups is 2. The fourth-order valence-electron chi connectivity index (χ4n) is 3.33. The molecule has 0 spiro atoms. The van der Waals surface area contributed by atoms with Gasteiger partial charge in [0.25, 0.3) is 5.91 Å². The molecule has 0 atom stereocenters. The Balaban J connectivity index is 1.68. The summed E-state index contributed by atoms with van der Waals surface area (Å²) in [6.07, 6.45) is 0.643. The van der Waals surface area contributed by atoms with Gasteiger partial charge in [-0.2, -0.15) is 0 Å². The molecule has 33 heavy (non-hydrogen) atoms. The first-order valence-electron chi connectivity index (χ1n) is 10.9. The molecule has 7 heteroatoms. The van der Waals surface area contributed by atoms with Gasteiger partial charge in [0.05, 0.1) is 13.1 Å². The maximum Gasteiger partial charge on any atom is 0.260 e. The molecule has 0 aliphatic carbocycles. The number of benzene rings is 2. The average molecular weight is 467 g/mol. The van der Waals surface area contributed by atoms with Gasteiger partial charge in [-0.05, 0) is 35.6 Å². The van der Waals surface area contributed by atoms with E-state index >= 15 is 0 Å². The second-order valence-corrected chi connectivity index (χ2v) is 8.61. The molecular formula is C26H30N2O4S. The van der Waals surface area contributed by atoms with E-state index in [2.05, 4.69) is 0 Å². The van der Waals surface area contributed by atoms with E-state index in [1.807, 2.05) is 66.0 Å². The van der Waals surface area contributed by atoms with Crippen LogP contribution < -0.4 is 4.74 Å². The van der Waals surface area contributed by atoms with E-state index in [4.69, 9.17) is 9.47 Å². The van der Waals surface area contributed by atoms with E-state index in [1.54, 1.807) is 40.4 Å². The molecule has 0 unspecified atom stereocenters. The van der Waals surface area contributed by atoms with Gasteiger partial charge in [-0.15, -0.1) is 11.3 Å². The smallest absolute Gasteiger partial charge is 0.260 e. The third-order valence-corrected chi connectivity index (χ3v) is 5.92. The van der Waals surface area contributed by atoms with Crippen molar-refractivity contribution in [3.63, 3.8) is 0 Å². The SMILES string of the molecule is COCCCN(CC(=O)N(Cc1ccccc1)Cc1cccs1)C(=O)COc1ccccc1. The summed E-state index contributed by atoms with van der Waals surface area (Å²) < 4.78 is 10.8. The highest BCUT2D eigenvalue weighted by molar-refractivity contribution is 7.09. The number of hydrogen-bond acceptors (Lipinski definition) is 5. The van der Waals surface area contributed by atoms with Gasteiger partial charge in [0.1, 0.15) is 5.75 Å². The first-order valence-corrected chi connectivity index (χ1v) is 11.8. The Kier molecular flexibility index (Phi) is 9.94. The molecular weight excluding hydrogens is 436 g/mol.